The Hall–Kier alpha value is -1.47. The lowest BCUT2D eigenvalue weighted by atomic mass is 9.84. The van der Waals surface area contributed by atoms with E-state index in [2.05, 4.69) is 32.7 Å². The van der Waals surface area contributed by atoms with Crippen molar-refractivity contribution in [2.45, 2.75) is 54.0 Å². The number of methoxy groups -OCH3 is 1. The fraction of sp³-hybridized carbons (Fsp3) is 0.737. The van der Waals surface area contributed by atoms with E-state index >= 15 is 0 Å². The normalized spacial score (nSPS) is 12.7. The van der Waals surface area contributed by atoms with E-state index in [4.69, 9.17) is 9.47 Å². The second-order valence-corrected chi connectivity index (χ2v) is 8.67. The lowest BCUT2D eigenvalue weighted by molar-refractivity contribution is -0.133. The van der Waals surface area contributed by atoms with Crippen LogP contribution in [0.25, 0.3) is 0 Å². The zero-order valence-electron chi connectivity index (χ0n) is 16.8. The van der Waals surface area contributed by atoms with Crippen LogP contribution in [0.15, 0.2) is 5.38 Å². The number of nitrogens with zero attached hydrogens (tertiary/aromatic N) is 2. The third-order valence-electron chi connectivity index (χ3n) is 3.76. The van der Waals surface area contributed by atoms with Gasteiger partial charge in [-0.2, -0.15) is 0 Å². The van der Waals surface area contributed by atoms with Crippen LogP contribution in [0, 0.1) is 11.3 Å². The summed E-state index contributed by atoms with van der Waals surface area (Å²) in [6.07, 6.45) is 1.48. The van der Waals surface area contributed by atoms with Gasteiger partial charge in [0, 0.05) is 25.5 Å². The third-order valence-corrected chi connectivity index (χ3v) is 4.60. The summed E-state index contributed by atoms with van der Waals surface area (Å²) in [5.74, 6) is -0.0332. The quantitative estimate of drug-likeness (QED) is 0.575. The Labute approximate surface area is 160 Å². The number of thiazole rings is 1. The predicted molar refractivity (Wildman–Crippen MR) is 103 cm³/mol. The number of ether oxygens (including phenoxy) is 2. The Bertz CT molecular complexity index is 580. The van der Waals surface area contributed by atoms with Crippen LogP contribution in [0.4, 0.5) is 0 Å². The van der Waals surface area contributed by atoms with Gasteiger partial charge in [-0.1, -0.05) is 27.7 Å². The van der Waals surface area contributed by atoms with Crippen LogP contribution in [0.5, 0.6) is 0 Å². The molecular formula is C19H32N2O4S. The molecule has 1 atom stereocenters. The maximum absolute atomic E-state index is 12.7. The van der Waals surface area contributed by atoms with Gasteiger partial charge in [0.2, 0.25) is 5.91 Å². The van der Waals surface area contributed by atoms with Gasteiger partial charge in [0.25, 0.3) is 0 Å². The van der Waals surface area contributed by atoms with E-state index in [0.29, 0.717) is 44.3 Å². The number of amides is 1. The number of rotatable bonds is 10. The highest BCUT2D eigenvalue weighted by Crippen LogP contribution is 2.26. The molecule has 7 heteroatoms. The molecule has 148 valence electrons. The van der Waals surface area contributed by atoms with Crippen molar-refractivity contribution < 1.29 is 19.1 Å². The Morgan fingerprint density at radius 1 is 1.35 bits per heavy atom. The Morgan fingerprint density at radius 3 is 2.62 bits per heavy atom. The summed E-state index contributed by atoms with van der Waals surface area (Å²) in [6.45, 7) is 12.1. The number of hydrogen-bond donors (Lipinski definition) is 0. The average molecular weight is 385 g/mol. The summed E-state index contributed by atoms with van der Waals surface area (Å²) in [4.78, 5) is 30.6. The number of aromatic nitrogens is 1. The summed E-state index contributed by atoms with van der Waals surface area (Å²) in [5, 5.41) is 2.40. The molecule has 0 aromatic carbocycles. The SMILES string of the molecule is CCOC(=O)c1csc(CN(CCOC)C(=O)C[C@H](C)CC(C)(C)C)n1. The molecule has 1 aromatic rings. The molecule has 0 aliphatic carbocycles. The van der Waals surface area contributed by atoms with E-state index in [1.54, 1.807) is 24.3 Å². The minimum Gasteiger partial charge on any atom is -0.461 e. The van der Waals surface area contributed by atoms with Crippen LogP contribution in [0.2, 0.25) is 0 Å². The smallest absolute Gasteiger partial charge is 0.357 e. The molecule has 0 aliphatic heterocycles. The second kappa shape index (κ2) is 10.6. The van der Waals surface area contributed by atoms with Gasteiger partial charge in [-0.05, 0) is 24.7 Å². The first-order valence-corrected chi connectivity index (χ1v) is 9.92. The predicted octanol–water partition coefficient (Wildman–Crippen LogP) is 3.76. The molecule has 0 saturated carbocycles. The highest BCUT2D eigenvalue weighted by atomic mass is 32.1. The van der Waals surface area contributed by atoms with E-state index < -0.39 is 5.97 Å². The van der Waals surface area contributed by atoms with E-state index in [1.165, 1.54) is 11.3 Å². The molecule has 1 aromatic heterocycles. The molecule has 0 fully saturated rings. The first-order chi connectivity index (χ1) is 12.2. The van der Waals surface area contributed by atoms with Crippen molar-refractivity contribution in [3.05, 3.63) is 16.1 Å². The van der Waals surface area contributed by atoms with Crippen LogP contribution in [-0.2, 0) is 20.8 Å². The van der Waals surface area contributed by atoms with Crippen molar-refractivity contribution in [2.24, 2.45) is 11.3 Å². The van der Waals surface area contributed by atoms with Crippen LogP contribution in [0.3, 0.4) is 0 Å². The van der Waals surface area contributed by atoms with Gasteiger partial charge in [0.1, 0.15) is 5.01 Å². The lowest BCUT2D eigenvalue weighted by Gasteiger charge is -2.26. The minimum atomic E-state index is -0.427. The van der Waals surface area contributed by atoms with Crippen molar-refractivity contribution in [1.29, 1.82) is 0 Å². The van der Waals surface area contributed by atoms with E-state index in [0.717, 1.165) is 11.4 Å². The molecule has 0 unspecified atom stereocenters. The number of hydrogen-bond acceptors (Lipinski definition) is 6. The summed E-state index contributed by atoms with van der Waals surface area (Å²) in [7, 11) is 1.62. The topological polar surface area (TPSA) is 68.7 Å². The zero-order valence-corrected chi connectivity index (χ0v) is 17.6. The third kappa shape index (κ3) is 8.27. The summed E-state index contributed by atoms with van der Waals surface area (Å²) in [6, 6.07) is 0. The fourth-order valence-electron chi connectivity index (χ4n) is 2.88. The minimum absolute atomic E-state index is 0.0895. The van der Waals surface area contributed by atoms with Crippen molar-refractivity contribution in [3.63, 3.8) is 0 Å². The Balaban J connectivity index is 2.74. The first kappa shape index (κ1) is 22.6. The molecule has 26 heavy (non-hydrogen) atoms. The van der Waals surface area contributed by atoms with Gasteiger partial charge >= 0.3 is 5.97 Å². The monoisotopic (exact) mass is 384 g/mol. The van der Waals surface area contributed by atoms with Crippen molar-refractivity contribution in [1.82, 2.24) is 9.88 Å². The second-order valence-electron chi connectivity index (χ2n) is 7.73. The molecule has 0 radical (unpaired) electrons. The fourth-order valence-corrected chi connectivity index (χ4v) is 3.66. The Kier molecular flexibility index (Phi) is 9.22. The van der Waals surface area contributed by atoms with E-state index in [9.17, 15) is 9.59 Å². The van der Waals surface area contributed by atoms with Gasteiger partial charge in [0.15, 0.2) is 5.69 Å². The zero-order chi connectivity index (χ0) is 19.7. The molecule has 0 spiro atoms. The molecular weight excluding hydrogens is 352 g/mol. The van der Waals surface area contributed by atoms with Crippen LogP contribution in [-0.4, -0.2) is 48.6 Å². The molecule has 6 nitrogen and oxygen atoms in total. The summed E-state index contributed by atoms with van der Waals surface area (Å²) < 4.78 is 10.1. The molecule has 0 N–H and O–H groups in total. The summed E-state index contributed by atoms with van der Waals surface area (Å²) in [5.41, 5.74) is 0.494. The molecule has 1 heterocycles. The first-order valence-electron chi connectivity index (χ1n) is 9.04. The molecule has 0 bridgehead atoms. The van der Waals surface area contributed by atoms with E-state index in [-0.39, 0.29) is 11.3 Å². The van der Waals surface area contributed by atoms with Crippen LogP contribution >= 0.6 is 11.3 Å². The molecule has 0 saturated heterocycles. The van der Waals surface area contributed by atoms with Crippen molar-refractivity contribution in [3.8, 4) is 0 Å². The molecule has 1 rings (SSSR count). The van der Waals surface area contributed by atoms with E-state index in [1.807, 2.05) is 0 Å². The molecule has 1 amide bonds. The maximum atomic E-state index is 12.7. The maximum Gasteiger partial charge on any atom is 0.357 e. The molecule has 0 aliphatic rings. The van der Waals surface area contributed by atoms with Crippen LogP contribution < -0.4 is 0 Å². The van der Waals surface area contributed by atoms with Crippen molar-refractivity contribution >= 4 is 23.2 Å². The number of esters is 1. The van der Waals surface area contributed by atoms with Gasteiger partial charge in [0.05, 0.1) is 19.8 Å². The number of carbonyl (C=O) groups is 2. The summed E-state index contributed by atoms with van der Waals surface area (Å²) >= 11 is 1.37. The van der Waals surface area contributed by atoms with Crippen molar-refractivity contribution in [2.75, 3.05) is 26.9 Å². The Morgan fingerprint density at radius 2 is 2.04 bits per heavy atom. The van der Waals surface area contributed by atoms with Gasteiger partial charge < -0.3 is 14.4 Å². The average Bonchev–Trinajstić information content (AvgIpc) is 2.98. The highest BCUT2D eigenvalue weighted by Gasteiger charge is 2.22. The number of carbonyl (C=O) groups excluding carboxylic acids is 2. The standard InChI is InChI=1S/C19H32N2O4S/c1-7-25-18(23)15-13-26-16(20-15)12-21(8-9-24-6)17(22)10-14(2)11-19(3,4)5/h13-14H,7-12H2,1-6H3/t14-/m0/s1. The lowest BCUT2D eigenvalue weighted by Crippen LogP contribution is -2.34. The van der Waals surface area contributed by atoms with Gasteiger partial charge in [-0.15, -0.1) is 11.3 Å². The van der Waals surface area contributed by atoms with Gasteiger partial charge in [-0.3, -0.25) is 4.79 Å². The largest absolute Gasteiger partial charge is 0.461 e. The van der Waals surface area contributed by atoms with Crippen LogP contribution in [0.1, 0.15) is 63.0 Å². The van der Waals surface area contributed by atoms with Gasteiger partial charge in [-0.25, -0.2) is 9.78 Å². The highest BCUT2D eigenvalue weighted by molar-refractivity contribution is 7.09.